The maximum Gasteiger partial charge on any atom is 0.232 e. The van der Waals surface area contributed by atoms with Gasteiger partial charge in [0.1, 0.15) is 10.7 Å². The van der Waals surface area contributed by atoms with Gasteiger partial charge in [-0.15, -0.1) is 5.10 Å². The molecule has 92 valence electrons. The fraction of sp³-hybridized carbons (Fsp3) is 0.600. The normalized spacial score (nSPS) is 20.1. The van der Waals surface area contributed by atoms with Crippen LogP contribution in [0, 0.1) is 5.92 Å². The highest BCUT2D eigenvalue weighted by Gasteiger charge is 2.36. The van der Waals surface area contributed by atoms with Crippen LogP contribution < -0.4 is 5.32 Å². The van der Waals surface area contributed by atoms with Gasteiger partial charge >= 0.3 is 0 Å². The van der Waals surface area contributed by atoms with Crippen molar-refractivity contribution >= 4 is 28.3 Å². The summed E-state index contributed by atoms with van der Waals surface area (Å²) < 4.78 is 3.83. The lowest BCUT2D eigenvalue weighted by Gasteiger charge is -2.13. The number of imide groups is 1. The Balaban J connectivity index is 2.12. The van der Waals surface area contributed by atoms with E-state index in [0.29, 0.717) is 12.1 Å². The molecule has 2 amide bonds. The van der Waals surface area contributed by atoms with E-state index < -0.39 is 0 Å². The number of amides is 2. The number of carbonyl (C=O) groups excluding carboxylic acids is 2. The van der Waals surface area contributed by atoms with Crippen molar-refractivity contribution < 1.29 is 9.59 Å². The molecule has 1 N–H and O–H groups in total. The van der Waals surface area contributed by atoms with E-state index in [9.17, 15) is 9.59 Å². The first-order chi connectivity index (χ1) is 8.13. The number of anilines is 1. The Labute approximate surface area is 103 Å². The van der Waals surface area contributed by atoms with E-state index in [1.165, 1.54) is 16.4 Å². The molecule has 6 nitrogen and oxygen atoms in total. The van der Waals surface area contributed by atoms with Crippen LogP contribution in [0.3, 0.4) is 0 Å². The van der Waals surface area contributed by atoms with Crippen molar-refractivity contribution in [3.8, 4) is 0 Å². The van der Waals surface area contributed by atoms with Crippen LogP contribution in [0.25, 0.3) is 0 Å². The number of hydrogen-bond donors (Lipinski definition) is 1. The second-order valence-corrected chi connectivity index (χ2v) is 4.76. The predicted octanol–water partition coefficient (Wildman–Crippen LogP) is 0.865. The second kappa shape index (κ2) is 4.79. The third-order valence-electron chi connectivity index (χ3n) is 2.67. The Morgan fingerprint density at radius 1 is 1.53 bits per heavy atom. The first-order valence-corrected chi connectivity index (χ1v) is 6.30. The molecule has 7 heteroatoms. The SMILES string of the molecule is CCNc1snnc1CN1C(=O)CC(C)C1=O. The summed E-state index contributed by atoms with van der Waals surface area (Å²) in [6, 6.07) is 0. The van der Waals surface area contributed by atoms with Crippen LogP contribution in [-0.4, -0.2) is 32.8 Å². The number of nitrogens with zero attached hydrogens (tertiary/aromatic N) is 3. The lowest BCUT2D eigenvalue weighted by Crippen LogP contribution is -2.30. The van der Waals surface area contributed by atoms with Gasteiger partial charge in [0.05, 0.1) is 6.54 Å². The Morgan fingerprint density at radius 3 is 2.88 bits per heavy atom. The molecule has 0 aromatic carbocycles. The molecule has 0 bridgehead atoms. The zero-order valence-corrected chi connectivity index (χ0v) is 10.6. The average molecular weight is 254 g/mol. The summed E-state index contributed by atoms with van der Waals surface area (Å²) in [5, 5.41) is 7.89. The van der Waals surface area contributed by atoms with Gasteiger partial charge in [0.15, 0.2) is 0 Å². The monoisotopic (exact) mass is 254 g/mol. The van der Waals surface area contributed by atoms with Gasteiger partial charge in [0.25, 0.3) is 0 Å². The zero-order valence-electron chi connectivity index (χ0n) is 9.77. The molecule has 1 fully saturated rings. The summed E-state index contributed by atoms with van der Waals surface area (Å²) in [6.45, 7) is 4.72. The Hall–Kier alpha value is -1.50. The fourth-order valence-electron chi connectivity index (χ4n) is 1.77. The van der Waals surface area contributed by atoms with Gasteiger partial charge in [-0.2, -0.15) is 0 Å². The van der Waals surface area contributed by atoms with Crippen LogP contribution in [0.5, 0.6) is 0 Å². The van der Waals surface area contributed by atoms with Gasteiger partial charge in [-0.05, 0) is 6.92 Å². The molecule has 0 saturated carbocycles. The molecule has 1 aliphatic rings. The number of aromatic nitrogens is 2. The molecule has 1 aromatic rings. The van der Waals surface area contributed by atoms with Crippen molar-refractivity contribution in [1.29, 1.82) is 0 Å². The molecule has 0 spiro atoms. The minimum atomic E-state index is -0.211. The van der Waals surface area contributed by atoms with E-state index in [1.54, 1.807) is 6.92 Å². The summed E-state index contributed by atoms with van der Waals surface area (Å²) in [5.74, 6) is -0.458. The first kappa shape index (κ1) is 12.0. The average Bonchev–Trinajstić information content (AvgIpc) is 2.81. The maximum absolute atomic E-state index is 11.8. The fourth-order valence-corrected chi connectivity index (χ4v) is 2.41. The summed E-state index contributed by atoms with van der Waals surface area (Å²) in [5.41, 5.74) is 0.660. The van der Waals surface area contributed by atoms with Crippen molar-refractivity contribution in [3.05, 3.63) is 5.69 Å². The minimum absolute atomic E-state index is 0.120. The van der Waals surface area contributed by atoms with E-state index in [0.717, 1.165) is 11.5 Å². The van der Waals surface area contributed by atoms with Crippen molar-refractivity contribution in [2.75, 3.05) is 11.9 Å². The highest BCUT2D eigenvalue weighted by molar-refractivity contribution is 7.10. The van der Waals surface area contributed by atoms with E-state index in [4.69, 9.17) is 0 Å². The van der Waals surface area contributed by atoms with E-state index in [-0.39, 0.29) is 24.3 Å². The molecule has 17 heavy (non-hydrogen) atoms. The smallest absolute Gasteiger partial charge is 0.232 e. The molecule has 1 aliphatic heterocycles. The lowest BCUT2D eigenvalue weighted by atomic mass is 10.1. The predicted molar refractivity (Wildman–Crippen MR) is 63.4 cm³/mol. The van der Waals surface area contributed by atoms with Crippen molar-refractivity contribution in [2.24, 2.45) is 5.92 Å². The van der Waals surface area contributed by atoms with Crippen molar-refractivity contribution in [1.82, 2.24) is 14.5 Å². The molecule has 1 aromatic heterocycles. The van der Waals surface area contributed by atoms with Gasteiger partial charge in [-0.1, -0.05) is 11.4 Å². The topological polar surface area (TPSA) is 75.2 Å². The number of likely N-dealkylation sites (tertiary alicyclic amines) is 1. The molecular weight excluding hydrogens is 240 g/mol. The molecule has 0 aliphatic carbocycles. The number of hydrogen-bond acceptors (Lipinski definition) is 6. The Kier molecular flexibility index (Phi) is 3.37. The molecule has 1 saturated heterocycles. The molecular formula is C10H14N4O2S. The number of carbonyl (C=O) groups is 2. The van der Waals surface area contributed by atoms with Gasteiger partial charge in [0.2, 0.25) is 11.8 Å². The van der Waals surface area contributed by atoms with Crippen LogP contribution in [0.4, 0.5) is 5.00 Å². The quantitative estimate of drug-likeness (QED) is 0.807. The van der Waals surface area contributed by atoms with Crippen molar-refractivity contribution in [3.63, 3.8) is 0 Å². The molecule has 1 unspecified atom stereocenters. The summed E-state index contributed by atoms with van der Waals surface area (Å²) in [4.78, 5) is 24.6. The van der Waals surface area contributed by atoms with Crippen LogP contribution in [0.2, 0.25) is 0 Å². The van der Waals surface area contributed by atoms with Crippen LogP contribution in [0.15, 0.2) is 0 Å². The minimum Gasteiger partial charge on any atom is -0.374 e. The molecule has 2 heterocycles. The number of nitrogens with one attached hydrogen (secondary N) is 1. The molecule has 1 atom stereocenters. The third-order valence-corrected chi connectivity index (χ3v) is 3.40. The van der Waals surface area contributed by atoms with Crippen LogP contribution in [0.1, 0.15) is 26.0 Å². The third kappa shape index (κ3) is 2.28. The zero-order chi connectivity index (χ0) is 12.4. The first-order valence-electron chi connectivity index (χ1n) is 5.52. The summed E-state index contributed by atoms with van der Waals surface area (Å²) >= 11 is 1.24. The molecule has 2 rings (SSSR count). The number of rotatable bonds is 4. The Morgan fingerprint density at radius 2 is 2.29 bits per heavy atom. The second-order valence-electron chi connectivity index (χ2n) is 4.00. The summed E-state index contributed by atoms with van der Waals surface area (Å²) in [6.07, 6.45) is 0.299. The van der Waals surface area contributed by atoms with E-state index in [1.807, 2.05) is 6.92 Å². The van der Waals surface area contributed by atoms with E-state index >= 15 is 0 Å². The Bertz CT molecular complexity index is 445. The van der Waals surface area contributed by atoms with Gasteiger partial charge in [0, 0.05) is 30.4 Å². The van der Waals surface area contributed by atoms with Crippen LogP contribution >= 0.6 is 11.5 Å². The van der Waals surface area contributed by atoms with Gasteiger partial charge in [-0.25, -0.2) is 0 Å². The van der Waals surface area contributed by atoms with Gasteiger partial charge < -0.3 is 5.32 Å². The lowest BCUT2D eigenvalue weighted by molar-refractivity contribution is -0.139. The highest BCUT2D eigenvalue weighted by atomic mass is 32.1. The van der Waals surface area contributed by atoms with Gasteiger partial charge in [-0.3, -0.25) is 14.5 Å². The molecule has 0 radical (unpaired) electrons. The maximum atomic E-state index is 11.8. The highest BCUT2D eigenvalue weighted by Crippen LogP contribution is 2.24. The summed E-state index contributed by atoms with van der Waals surface area (Å²) in [7, 11) is 0. The standard InChI is InChI=1S/C10H14N4O2S/c1-3-11-9-7(12-13-17-9)5-14-8(15)4-6(2)10(14)16/h6,11H,3-5H2,1-2H3. The van der Waals surface area contributed by atoms with E-state index in [2.05, 4.69) is 14.9 Å². The van der Waals surface area contributed by atoms with Crippen LogP contribution in [-0.2, 0) is 16.1 Å². The van der Waals surface area contributed by atoms with Crippen molar-refractivity contribution in [2.45, 2.75) is 26.8 Å². The largest absolute Gasteiger partial charge is 0.374 e.